The zero-order valence-electron chi connectivity index (χ0n) is 10.2. The van der Waals surface area contributed by atoms with Gasteiger partial charge in [0.2, 0.25) is 10.0 Å². The van der Waals surface area contributed by atoms with E-state index in [9.17, 15) is 16.8 Å². The van der Waals surface area contributed by atoms with Gasteiger partial charge < -0.3 is 0 Å². The average Bonchev–Trinajstić information content (AvgIpc) is 2.21. The molecular weight excluding hydrogens is 264 g/mol. The number of nitriles is 1. The quantitative estimate of drug-likeness (QED) is 0.646. The minimum absolute atomic E-state index is 0.0963. The van der Waals surface area contributed by atoms with Crippen LogP contribution in [0.25, 0.3) is 0 Å². The Morgan fingerprint density at radius 1 is 1.24 bits per heavy atom. The zero-order valence-corrected chi connectivity index (χ0v) is 11.9. The third kappa shape index (κ3) is 6.61. The number of rotatable bonds is 7. The molecule has 0 heterocycles. The highest BCUT2D eigenvalue weighted by Gasteiger charge is 2.23. The molecule has 1 atom stereocenters. The van der Waals surface area contributed by atoms with Gasteiger partial charge in [0.05, 0.1) is 23.5 Å². The Kier molecular flexibility index (Phi) is 6.09. The van der Waals surface area contributed by atoms with E-state index < -0.39 is 37.3 Å². The minimum Gasteiger partial charge on any atom is -0.229 e. The van der Waals surface area contributed by atoms with E-state index in [0.717, 1.165) is 10.6 Å². The van der Waals surface area contributed by atoms with Crippen molar-refractivity contribution >= 4 is 19.9 Å². The maximum absolute atomic E-state index is 11.8. The van der Waals surface area contributed by atoms with Crippen molar-refractivity contribution in [2.75, 3.05) is 30.9 Å². The number of hydrogen-bond acceptors (Lipinski definition) is 5. The van der Waals surface area contributed by atoms with Gasteiger partial charge in [-0.15, -0.1) is 0 Å². The first-order chi connectivity index (χ1) is 7.62. The second-order valence-corrected chi connectivity index (χ2v) is 8.27. The van der Waals surface area contributed by atoms with E-state index >= 15 is 0 Å². The molecule has 100 valence electrons. The van der Waals surface area contributed by atoms with Crippen molar-refractivity contribution < 1.29 is 16.8 Å². The predicted octanol–water partition coefficient (Wildman–Crippen LogP) is -0.158. The molecule has 6 nitrogen and oxygen atoms in total. The summed E-state index contributed by atoms with van der Waals surface area (Å²) in [7, 11) is -6.91. The molecule has 0 aromatic heterocycles. The molecule has 0 aromatic carbocycles. The molecule has 0 aliphatic rings. The lowest BCUT2D eigenvalue weighted by molar-refractivity contribution is 0.400. The molecule has 17 heavy (non-hydrogen) atoms. The Morgan fingerprint density at radius 2 is 1.76 bits per heavy atom. The number of hydrogen-bond donors (Lipinski definition) is 0. The van der Waals surface area contributed by atoms with E-state index in [-0.39, 0.29) is 13.1 Å². The van der Waals surface area contributed by atoms with E-state index in [1.165, 1.54) is 0 Å². The Balaban J connectivity index is 4.72. The summed E-state index contributed by atoms with van der Waals surface area (Å²) in [6.45, 7) is 3.61. The lowest BCUT2D eigenvalue weighted by atomic mass is 10.2. The van der Waals surface area contributed by atoms with Gasteiger partial charge in [-0.25, -0.2) is 21.1 Å². The van der Waals surface area contributed by atoms with Gasteiger partial charge in [0.15, 0.2) is 0 Å². The van der Waals surface area contributed by atoms with Crippen molar-refractivity contribution in [1.29, 1.82) is 5.26 Å². The molecular formula is C9H18N2O4S2. The third-order valence-corrected chi connectivity index (χ3v) is 5.27. The molecule has 0 amide bonds. The van der Waals surface area contributed by atoms with Crippen LogP contribution in [0.5, 0.6) is 0 Å². The second-order valence-electron chi connectivity index (χ2n) is 3.93. The molecule has 0 N–H and O–H groups in total. The van der Waals surface area contributed by atoms with Crippen LogP contribution in [0.3, 0.4) is 0 Å². The molecule has 0 saturated heterocycles. The second kappa shape index (κ2) is 6.33. The fourth-order valence-corrected chi connectivity index (χ4v) is 4.33. The fourth-order valence-electron chi connectivity index (χ4n) is 1.17. The van der Waals surface area contributed by atoms with Gasteiger partial charge in [0, 0.05) is 19.3 Å². The monoisotopic (exact) mass is 282 g/mol. The summed E-state index contributed by atoms with van der Waals surface area (Å²) in [5.41, 5.74) is 0. The SMILES string of the molecule is CCN(CC(C)C#N)S(=O)(=O)CCS(C)(=O)=O. The summed E-state index contributed by atoms with van der Waals surface area (Å²) in [4.78, 5) is 0. The summed E-state index contributed by atoms with van der Waals surface area (Å²) >= 11 is 0. The molecule has 0 aliphatic heterocycles. The molecule has 0 saturated carbocycles. The molecule has 0 spiro atoms. The lowest BCUT2D eigenvalue weighted by Gasteiger charge is -2.21. The summed E-state index contributed by atoms with van der Waals surface area (Å²) in [6.07, 6.45) is 0.997. The summed E-state index contributed by atoms with van der Waals surface area (Å²) in [5, 5.41) is 8.64. The fraction of sp³-hybridized carbons (Fsp3) is 0.889. The molecule has 8 heteroatoms. The van der Waals surface area contributed by atoms with Crippen molar-refractivity contribution in [3.8, 4) is 6.07 Å². The first kappa shape index (κ1) is 16.4. The van der Waals surface area contributed by atoms with Crippen molar-refractivity contribution in [3.63, 3.8) is 0 Å². The normalized spacial score (nSPS) is 14.5. The maximum atomic E-state index is 11.8. The largest absolute Gasteiger partial charge is 0.229 e. The summed E-state index contributed by atoms with van der Waals surface area (Å²) in [5.74, 6) is -1.24. The molecule has 0 radical (unpaired) electrons. The first-order valence-corrected chi connectivity index (χ1v) is 8.84. The van der Waals surface area contributed by atoms with Crippen LogP contribution in [0.1, 0.15) is 13.8 Å². The molecule has 0 bridgehead atoms. The Bertz CT molecular complexity index is 476. The van der Waals surface area contributed by atoms with E-state index in [0.29, 0.717) is 0 Å². The van der Waals surface area contributed by atoms with Crippen molar-refractivity contribution in [2.45, 2.75) is 13.8 Å². The molecule has 1 unspecified atom stereocenters. The average molecular weight is 282 g/mol. The van der Waals surface area contributed by atoms with E-state index in [1.54, 1.807) is 13.8 Å². The number of nitrogens with zero attached hydrogens (tertiary/aromatic N) is 2. The minimum atomic E-state index is -3.61. The predicted molar refractivity (Wildman–Crippen MR) is 65.5 cm³/mol. The first-order valence-electron chi connectivity index (χ1n) is 5.17. The highest BCUT2D eigenvalue weighted by Crippen LogP contribution is 2.06. The van der Waals surface area contributed by atoms with Crippen molar-refractivity contribution in [1.82, 2.24) is 4.31 Å². The lowest BCUT2D eigenvalue weighted by Crippen LogP contribution is -2.37. The van der Waals surface area contributed by atoms with Crippen LogP contribution in [-0.4, -0.2) is 52.0 Å². The van der Waals surface area contributed by atoms with E-state index in [2.05, 4.69) is 0 Å². The highest BCUT2D eigenvalue weighted by atomic mass is 32.2. The third-order valence-electron chi connectivity index (χ3n) is 2.16. The van der Waals surface area contributed by atoms with E-state index in [1.807, 2.05) is 6.07 Å². The smallest absolute Gasteiger partial charge is 0.215 e. The van der Waals surface area contributed by atoms with Crippen LogP contribution < -0.4 is 0 Å². The molecule has 0 fully saturated rings. The topological polar surface area (TPSA) is 95.3 Å². The van der Waals surface area contributed by atoms with Gasteiger partial charge in [0.1, 0.15) is 9.84 Å². The Labute approximate surface area is 103 Å². The van der Waals surface area contributed by atoms with Gasteiger partial charge >= 0.3 is 0 Å². The van der Waals surface area contributed by atoms with E-state index in [4.69, 9.17) is 5.26 Å². The van der Waals surface area contributed by atoms with Gasteiger partial charge in [-0.05, 0) is 6.92 Å². The van der Waals surface area contributed by atoms with Crippen LogP contribution in [0.4, 0.5) is 0 Å². The molecule has 0 aliphatic carbocycles. The highest BCUT2D eigenvalue weighted by molar-refractivity contribution is 7.93. The van der Waals surface area contributed by atoms with Gasteiger partial charge in [0.25, 0.3) is 0 Å². The standard InChI is InChI=1S/C9H18N2O4S2/c1-4-11(8-9(2)7-10)17(14,15)6-5-16(3,12)13/h9H,4-6,8H2,1-3H3. The van der Waals surface area contributed by atoms with Crippen molar-refractivity contribution in [3.05, 3.63) is 0 Å². The van der Waals surface area contributed by atoms with Crippen LogP contribution in [0.2, 0.25) is 0 Å². The molecule has 0 rings (SSSR count). The van der Waals surface area contributed by atoms with Crippen LogP contribution in [0.15, 0.2) is 0 Å². The molecule has 0 aromatic rings. The zero-order chi connectivity index (χ0) is 13.7. The Hall–Kier alpha value is -0.650. The summed E-state index contributed by atoms with van der Waals surface area (Å²) in [6, 6.07) is 1.95. The van der Waals surface area contributed by atoms with Gasteiger partial charge in [-0.2, -0.15) is 5.26 Å². The maximum Gasteiger partial charge on any atom is 0.215 e. The van der Waals surface area contributed by atoms with Crippen LogP contribution >= 0.6 is 0 Å². The number of sulfonamides is 1. The van der Waals surface area contributed by atoms with Crippen LogP contribution in [0, 0.1) is 17.2 Å². The Morgan fingerprint density at radius 3 is 2.12 bits per heavy atom. The van der Waals surface area contributed by atoms with Crippen molar-refractivity contribution in [2.24, 2.45) is 5.92 Å². The summed E-state index contributed by atoms with van der Waals surface area (Å²) < 4.78 is 46.6. The van der Waals surface area contributed by atoms with Gasteiger partial charge in [-0.1, -0.05) is 6.92 Å². The number of sulfone groups is 1. The van der Waals surface area contributed by atoms with Crippen LogP contribution in [-0.2, 0) is 19.9 Å². The van der Waals surface area contributed by atoms with Gasteiger partial charge in [-0.3, -0.25) is 0 Å².